The van der Waals surface area contributed by atoms with Gasteiger partial charge in [0, 0.05) is 19.6 Å². The van der Waals surface area contributed by atoms with Crippen molar-refractivity contribution in [2.24, 2.45) is 0 Å². The summed E-state index contributed by atoms with van der Waals surface area (Å²) in [6.07, 6.45) is 5.33. The first kappa shape index (κ1) is 14.8. The van der Waals surface area contributed by atoms with Crippen LogP contribution in [-0.4, -0.2) is 48.6 Å². The fourth-order valence-corrected chi connectivity index (χ4v) is 2.95. The number of rotatable bonds is 7. The van der Waals surface area contributed by atoms with Gasteiger partial charge in [0.15, 0.2) is 0 Å². The SMILES string of the molecule is COCC(C)OC1CCCC(NC2CC2)(C(=O)O)C1. The molecule has 0 aromatic rings. The molecule has 19 heavy (non-hydrogen) atoms. The largest absolute Gasteiger partial charge is 0.480 e. The first-order valence-corrected chi connectivity index (χ1v) is 7.21. The van der Waals surface area contributed by atoms with E-state index in [4.69, 9.17) is 9.47 Å². The summed E-state index contributed by atoms with van der Waals surface area (Å²) < 4.78 is 11.0. The van der Waals surface area contributed by atoms with E-state index in [-0.39, 0.29) is 12.2 Å². The first-order valence-electron chi connectivity index (χ1n) is 7.21. The van der Waals surface area contributed by atoms with Gasteiger partial charge in [0.05, 0.1) is 18.8 Å². The third-order valence-electron chi connectivity index (χ3n) is 4.00. The molecule has 0 heterocycles. The van der Waals surface area contributed by atoms with Crippen LogP contribution >= 0.6 is 0 Å². The number of hydrogen-bond donors (Lipinski definition) is 2. The minimum Gasteiger partial charge on any atom is -0.480 e. The maximum absolute atomic E-state index is 11.7. The molecule has 5 nitrogen and oxygen atoms in total. The van der Waals surface area contributed by atoms with E-state index < -0.39 is 11.5 Å². The molecule has 2 saturated carbocycles. The van der Waals surface area contributed by atoms with Crippen LogP contribution in [0.4, 0.5) is 0 Å². The third-order valence-corrected chi connectivity index (χ3v) is 4.00. The van der Waals surface area contributed by atoms with Crippen molar-refractivity contribution >= 4 is 5.97 Å². The van der Waals surface area contributed by atoms with Crippen LogP contribution in [0.3, 0.4) is 0 Å². The summed E-state index contributed by atoms with van der Waals surface area (Å²) in [5.74, 6) is -0.730. The van der Waals surface area contributed by atoms with Gasteiger partial charge in [-0.3, -0.25) is 10.1 Å². The molecule has 0 saturated heterocycles. The Bertz CT molecular complexity index is 319. The summed E-state index contributed by atoms with van der Waals surface area (Å²) in [6.45, 7) is 2.52. The van der Waals surface area contributed by atoms with Crippen molar-refractivity contribution in [3.05, 3.63) is 0 Å². The Morgan fingerprint density at radius 1 is 1.47 bits per heavy atom. The van der Waals surface area contributed by atoms with Crippen LogP contribution in [0.15, 0.2) is 0 Å². The lowest BCUT2D eigenvalue weighted by molar-refractivity contribution is -0.151. The van der Waals surface area contributed by atoms with E-state index in [1.165, 1.54) is 0 Å². The normalized spacial score (nSPS) is 33.1. The molecule has 0 spiro atoms. The van der Waals surface area contributed by atoms with Crippen LogP contribution in [-0.2, 0) is 14.3 Å². The highest BCUT2D eigenvalue weighted by Crippen LogP contribution is 2.34. The van der Waals surface area contributed by atoms with Crippen LogP contribution in [0.1, 0.15) is 45.4 Å². The van der Waals surface area contributed by atoms with Gasteiger partial charge < -0.3 is 14.6 Å². The summed E-state index contributed by atoms with van der Waals surface area (Å²) in [6, 6.07) is 0.395. The molecule has 0 aromatic heterocycles. The predicted octanol–water partition coefficient (Wildman–Crippen LogP) is 1.56. The van der Waals surface area contributed by atoms with Crippen LogP contribution in [0.25, 0.3) is 0 Å². The highest BCUT2D eigenvalue weighted by molar-refractivity contribution is 5.79. The number of nitrogens with one attached hydrogen (secondary N) is 1. The summed E-state index contributed by atoms with van der Waals surface area (Å²) in [5, 5.41) is 12.9. The van der Waals surface area contributed by atoms with Crippen molar-refractivity contribution in [3.63, 3.8) is 0 Å². The molecule has 0 aliphatic heterocycles. The number of carboxylic acid groups (broad SMARTS) is 1. The van der Waals surface area contributed by atoms with Crippen molar-refractivity contribution in [3.8, 4) is 0 Å². The topological polar surface area (TPSA) is 67.8 Å². The highest BCUT2D eigenvalue weighted by Gasteiger charge is 2.46. The van der Waals surface area contributed by atoms with E-state index in [0.717, 1.165) is 25.7 Å². The first-order chi connectivity index (χ1) is 9.05. The molecule has 3 unspecified atom stereocenters. The smallest absolute Gasteiger partial charge is 0.324 e. The monoisotopic (exact) mass is 271 g/mol. The Kier molecular flexibility index (Phi) is 4.81. The second-order valence-corrected chi connectivity index (χ2v) is 5.93. The van der Waals surface area contributed by atoms with Gasteiger partial charge in [-0.05, 0) is 39.0 Å². The van der Waals surface area contributed by atoms with Crippen LogP contribution < -0.4 is 5.32 Å². The zero-order chi connectivity index (χ0) is 13.9. The van der Waals surface area contributed by atoms with E-state index in [1.54, 1.807) is 7.11 Å². The summed E-state index contributed by atoms with van der Waals surface area (Å²) in [5.41, 5.74) is -0.781. The lowest BCUT2D eigenvalue weighted by atomic mass is 9.80. The number of hydrogen-bond acceptors (Lipinski definition) is 4. The Hall–Kier alpha value is -0.650. The van der Waals surface area contributed by atoms with Crippen LogP contribution in [0.2, 0.25) is 0 Å². The van der Waals surface area contributed by atoms with Gasteiger partial charge in [-0.2, -0.15) is 0 Å². The summed E-state index contributed by atoms with van der Waals surface area (Å²) in [7, 11) is 1.65. The Morgan fingerprint density at radius 2 is 2.21 bits per heavy atom. The highest BCUT2D eigenvalue weighted by atomic mass is 16.5. The predicted molar refractivity (Wildman–Crippen MR) is 71.2 cm³/mol. The summed E-state index contributed by atoms with van der Waals surface area (Å²) >= 11 is 0. The Morgan fingerprint density at radius 3 is 2.79 bits per heavy atom. The maximum Gasteiger partial charge on any atom is 0.324 e. The molecule has 2 N–H and O–H groups in total. The molecule has 0 radical (unpaired) electrons. The average molecular weight is 271 g/mol. The van der Waals surface area contributed by atoms with Crippen LogP contribution in [0, 0.1) is 0 Å². The van der Waals surface area contributed by atoms with Crippen LogP contribution in [0.5, 0.6) is 0 Å². The van der Waals surface area contributed by atoms with E-state index in [2.05, 4.69) is 5.32 Å². The molecule has 2 aliphatic carbocycles. The zero-order valence-electron chi connectivity index (χ0n) is 11.9. The van der Waals surface area contributed by atoms with Gasteiger partial charge >= 0.3 is 5.97 Å². The van der Waals surface area contributed by atoms with Crippen molar-refractivity contribution in [2.75, 3.05) is 13.7 Å². The summed E-state index contributed by atoms with van der Waals surface area (Å²) in [4.78, 5) is 11.7. The molecule has 110 valence electrons. The molecular weight excluding hydrogens is 246 g/mol. The number of ether oxygens (including phenoxy) is 2. The molecule has 2 rings (SSSR count). The average Bonchev–Trinajstić information content (AvgIpc) is 3.13. The Labute approximate surface area is 114 Å². The quantitative estimate of drug-likeness (QED) is 0.735. The lowest BCUT2D eigenvalue weighted by Gasteiger charge is -2.39. The minimum absolute atomic E-state index is 0.0144. The molecule has 2 aliphatic rings. The number of methoxy groups -OCH3 is 1. The zero-order valence-corrected chi connectivity index (χ0v) is 11.9. The molecule has 2 fully saturated rings. The molecule has 3 atom stereocenters. The molecule has 0 bridgehead atoms. The molecule has 5 heteroatoms. The second-order valence-electron chi connectivity index (χ2n) is 5.93. The number of carboxylic acids is 1. The van der Waals surface area contributed by atoms with Crippen molar-refractivity contribution in [2.45, 2.75) is 69.2 Å². The van der Waals surface area contributed by atoms with Crippen molar-refractivity contribution < 1.29 is 19.4 Å². The van der Waals surface area contributed by atoms with E-state index >= 15 is 0 Å². The molecule has 0 aromatic carbocycles. The van der Waals surface area contributed by atoms with Gasteiger partial charge in [0.25, 0.3) is 0 Å². The van der Waals surface area contributed by atoms with E-state index in [1.807, 2.05) is 6.92 Å². The van der Waals surface area contributed by atoms with Gasteiger partial charge in [-0.15, -0.1) is 0 Å². The van der Waals surface area contributed by atoms with Gasteiger partial charge in [0.1, 0.15) is 5.54 Å². The molecule has 0 amide bonds. The Balaban J connectivity index is 1.94. The van der Waals surface area contributed by atoms with E-state index in [9.17, 15) is 9.90 Å². The minimum atomic E-state index is -0.781. The van der Waals surface area contributed by atoms with Gasteiger partial charge in [-0.1, -0.05) is 0 Å². The van der Waals surface area contributed by atoms with E-state index in [0.29, 0.717) is 25.5 Å². The van der Waals surface area contributed by atoms with Crippen molar-refractivity contribution in [1.82, 2.24) is 5.32 Å². The third kappa shape index (κ3) is 3.91. The standard InChI is InChI=1S/C14H25NO4/c1-10(9-18-2)19-12-4-3-7-14(8-12,13(16)17)15-11-5-6-11/h10-12,15H,3-9H2,1-2H3,(H,16,17). The number of carbonyl (C=O) groups is 1. The number of aliphatic carboxylic acids is 1. The maximum atomic E-state index is 11.7. The van der Waals surface area contributed by atoms with Gasteiger partial charge in [-0.25, -0.2) is 0 Å². The van der Waals surface area contributed by atoms with Gasteiger partial charge in [0.2, 0.25) is 0 Å². The molecular formula is C14H25NO4. The second kappa shape index (κ2) is 6.20. The fourth-order valence-electron chi connectivity index (χ4n) is 2.95. The van der Waals surface area contributed by atoms with Crippen molar-refractivity contribution in [1.29, 1.82) is 0 Å². The fraction of sp³-hybridized carbons (Fsp3) is 0.929. The lowest BCUT2D eigenvalue weighted by Crippen LogP contribution is -2.57.